The van der Waals surface area contributed by atoms with Gasteiger partial charge in [-0.2, -0.15) is 10.2 Å². The number of anilines is 4. The molecule has 2 aromatic rings. The highest BCUT2D eigenvalue weighted by atomic mass is 16.5. The van der Waals surface area contributed by atoms with Gasteiger partial charge in [-0.25, -0.2) is 4.98 Å². The van der Waals surface area contributed by atoms with Gasteiger partial charge >= 0.3 is 0 Å². The first kappa shape index (κ1) is 18.9. The molecule has 0 saturated carbocycles. The number of rotatable bonds is 7. The highest BCUT2D eigenvalue weighted by Gasteiger charge is 2.26. The van der Waals surface area contributed by atoms with Crippen LogP contribution in [0.15, 0.2) is 24.3 Å². The molecular formula is C20H26N6O. The van der Waals surface area contributed by atoms with E-state index in [2.05, 4.69) is 34.3 Å². The van der Waals surface area contributed by atoms with Crippen molar-refractivity contribution in [3.05, 3.63) is 35.5 Å². The van der Waals surface area contributed by atoms with Crippen LogP contribution in [-0.4, -0.2) is 36.3 Å². The Kier molecular flexibility index (Phi) is 6.09. The Morgan fingerprint density at radius 2 is 2.22 bits per heavy atom. The summed E-state index contributed by atoms with van der Waals surface area (Å²) in [6.45, 7) is 3.80. The SMILES string of the molecule is CCCc1cc(N2CCC[C@H]2COC)nc(Nc2ccc(N)c(C#N)c2)n1. The smallest absolute Gasteiger partial charge is 0.229 e. The number of hydrogen-bond acceptors (Lipinski definition) is 7. The largest absolute Gasteiger partial charge is 0.398 e. The fourth-order valence-electron chi connectivity index (χ4n) is 3.43. The van der Waals surface area contributed by atoms with E-state index in [0.717, 1.165) is 49.4 Å². The number of hydrogen-bond donors (Lipinski definition) is 2. The van der Waals surface area contributed by atoms with E-state index in [1.54, 1.807) is 19.2 Å². The molecule has 0 unspecified atom stereocenters. The molecule has 2 heterocycles. The molecule has 3 N–H and O–H groups in total. The summed E-state index contributed by atoms with van der Waals surface area (Å²) >= 11 is 0. The van der Waals surface area contributed by atoms with Crippen LogP contribution in [0.4, 0.5) is 23.1 Å². The number of nitrogens with two attached hydrogens (primary N) is 1. The summed E-state index contributed by atoms with van der Waals surface area (Å²) in [6, 6.07) is 9.78. The van der Waals surface area contributed by atoms with Crippen LogP contribution >= 0.6 is 0 Å². The van der Waals surface area contributed by atoms with E-state index in [1.165, 1.54) is 0 Å². The van der Waals surface area contributed by atoms with Gasteiger partial charge in [0.15, 0.2) is 0 Å². The summed E-state index contributed by atoms with van der Waals surface area (Å²) in [6.07, 6.45) is 4.14. The fraction of sp³-hybridized carbons (Fsp3) is 0.450. The Bertz CT molecular complexity index is 832. The Morgan fingerprint density at radius 3 is 2.96 bits per heavy atom. The molecule has 0 radical (unpaired) electrons. The number of aromatic nitrogens is 2. The molecule has 0 aliphatic carbocycles. The molecule has 0 amide bonds. The second-order valence-corrected chi connectivity index (χ2v) is 6.77. The van der Waals surface area contributed by atoms with Gasteiger partial charge < -0.3 is 20.7 Å². The second kappa shape index (κ2) is 8.69. The number of benzene rings is 1. The van der Waals surface area contributed by atoms with Gasteiger partial charge in [0.1, 0.15) is 11.9 Å². The predicted molar refractivity (Wildman–Crippen MR) is 107 cm³/mol. The number of methoxy groups -OCH3 is 1. The number of nitrogens with zero attached hydrogens (tertiary/aromatic N) is 4. The number of nitrogen functional groups attached to an aromatic ring is 1. The van der Waals surface area contributed by atoms with Crippen LogP contribution in [-0.2, 0) is 11.2 Å². The molecule has 27 heavy (non-hydrogen) atoms. The monoisotopic (exact) mass is 366 g/mol. The predicted octanol–water partition coefficient (Wildman–Crippen LogP) is 3.24. The maximum absolute atomic E-state index is 9.18. The van der Waals surface area contributed by atoms with Gasteiger partial charge in [0.25, 0.3) is 0 Å². The molecule has 1 aliphatic rings. The van der Waals surface area contributed by atoms with Gasteiger partial charge in [-0.05, 0) is 37.5 Å². The first-order chi connectivity index (χ1) is 13.1. The van der Waals surface area contributed by atoms with Crippen LogP contribution in [0, 0.1) is 11.3 Å². The maximum atomic E-state index is 9.18. The van der Waals surface area contributed by atoms with Crippen molar-refractivity contribution >= 4 is 23.1 Å². The minimum Gasteiger partial charge on any atom is -0.398 e. The van der Waals surface area contributed by atoms with Crippen LogP contribution < -0.4 is 16.0 Å². The van der Waals surface area contributed by atoms with E-state index in [9.17, 15) is 5.26 Å². The van der Waals surface area contributed by atoms with Crippen molar-refractivity contribution < 1.29 is 4.74 Å². The van der Waals surface area contributed by atoms with Crippen molar-refractivity contribution in [2.75, 3.05) is 36.2 Å². The molecule has 0 spiro atoms. The van der Waals surface area contributed by atoms with E-state index in [1.807, 2.05) is 6.07 Å². The first-order valence-electron chi connectivity index (χ1n) is 9.34. The quantitative estimate of drug-likeness (QED) is 0.726. The van der Waals surface area contributed by atoms with E-state index < -0.39 is 0 Å². The zero-order chi connectivity index (χ0) is 19.2. The third kappa shape index (κ3) is 4.47. The van der Waals surface area contributed by atoms with E-state index in [-0.39, 0.29) is 0 Å². The van der Waals surface area contributed by atoms with E-state index in [0.29, 0.717) is 29.8 Å². The topological polar surface area (TPSA) is 100 Å². The van der Waals surface area contributed by atoms with Gasteiger partial charge in [-0.1, -0.05) is 13.3 Å². The molecule has 142 valence electrons. The molecule has 3 rings (SSSR count). The van der Waals surface area contributed by atoms with Gasteiger partial charge in [0, 0.05) is 36.8 Å². The fourth-order valence-corrected chi connectivity index (χ4v) is 3.43. The lowest BCUT2D eigenvalue weighted by Crippen LogP contribution is -2.33. The minimum absolute atomic E-state index is 0.342. The molecule has 1 saturated heterocycles. The van der Waals surface area contributed by atoms with Crippen molar-refractivity contribution in [1.82, 2.24) is 9.97 Å². The summed E-state index contributed by atoms with van der Waals surface area (Å²) in [5.41, 5.74) is 8.45. The average Bonchev–Trinajstić information content (AvgIpc) is 3.12. The summed E-state index contributed by atoms with van der Waals surface area (Å²) < 4.78 is 5.37. The Balaban J connectivity index is 1.91. The maximum Gasteiger partial charge on any atom is 0.229 e. The molecule has 1 aromatic carbocycles. The van der Waals surface area contributed by atoms with Crippen LogP contribution in [0.5, 0.6) is 0 Å². The lowest BCUT2D eigenvalue weighted by atomic mass is 10.2. The van der Waals surface area contributed by atoms with E-state index in [4.69, 9.17) is 15.5 Å². The number of nitriles is 1. The van der Waals surface area contributed by atoms with E-state index >= 15 is 0 Å². The molecule has 0 bridgehead atoms. The van der Waals surface area contributed by atoms with Gasteiger partial charge in [0.2, 0.25) is 5.95 Å². The Hall–Kier alpha value is -2.85. The molecular weight excluding hydrogens is 340 g/mol. The van der Waals surface area contributed by atoms with Crippen LogP contribution in [0.1, 0.15) is 37.4 Å². The molecule has 1 atom stereocenters. The lowest BCUT2D eigenvalue weighted by molar-refractivity contribution is 0.180. The molecule has 1 aliphatic heterocycles. The zero-order valence-corrected chi connectivity index (χ0v) is 15.9. The van der Waals surface area contributed by atoms with Crippen molar-refractivity contribution in [3.63, 3.8) is 0 Å². The minimum atomic E-state index is 0.342. The normalized spacial score (nSPS) is 16.3. The molecule has 1 fully saturated rings. The van der Waals surface area contributed by atoms with Gasteiger partial charge in [-0.3, -0.25) is 0 Å². The summed E-state index contributed by atoms with van der Waals surface area (Å²) in [7, 11) is 1.74. The van der Waals surface area contributed by atoms with Crippen LogP contribution in [0.3, 0.4) is 0 Å². The van der Waals surface area contributed by atoms with Crippen LogP contribution in [0.25, 0.3) is 0 Å². The summed E-state index contributed by atoms with van der Waals surface area (Å²) in [5, 5.41) is 12.4. The molecule has 7 heteroatoms. The molecule has 7 nitrogen and oxygen atoms in total. The highest BCUT2D eigenvalue weighted by Crippen LogP contribution is 2.27. The Labute approximate surface area is 160 Å². The number of ether oxygens (including phenoxy) is 1. The number of aryl methyl sites for hydroxylation is 1. The van der Waals surface area contributed by atoms with Gasteiger partial charge in [0.05, 0.1) is 18.2 Å². The lowest BCUT2D eigenvalue weighted by Gasteiger charge is -2.26. The highest BCUT2D eigenvalue weighted by molar-refractivity contribution is 5.65. The standard InChI is InChI=1S/C20H26N6O/c1-3-5-15-11-19(26-9-4-6-17(26)13-27-2)25-20(23-15)24-16-7-8-18(22)14(10-16)12-21/h7-8,10-11,17H,3-6,9,13,22H2,1-2H3,(H,23,24,25)/t17-/m0/s1. The van der Waals surface area contributed by atoms with Gasteiger partial charge in [-0.15, -0.1) is 0 Å². The van der Waals surface area contributed by atoms with Crippen molar-refractivity contribution in [3.8, 4) is 6.07 Å². The van der Waals surface area contributed by atoms with Crippen molar-refractivity contribution in [1.29, 1.82) is 5.26 Å². The zero-order valence-electron chi connectivity index (χ0n) is 15.9. The third-order valence-corrected chi connectivity index (χ3v) is 4.73. The molecule has 1 aromatic heterocycles. The van der Waals surface area contributed by atoms with Crippen molar-refractivity contribution in [2.24, 2.45) is 0 Å². The Morgan fingerprint density at radius 1 is 1.37 bits per heavy atom. The van der Waals surface area contributed by atoms with Crippen molar-refractivity contribution in [2.45, 2.75) is 38.6 Å². The second-order valence-electron chi connectivity index (χ2n) is 6.77. The van der Waals surface area contributed by atoms with Crippen LogP contribution in [0.2, 0.25) is 0 Å². The summed E-state index contributed by atoms with van der Waals surface area (Å²) in [4.78, 5) is 11.7. The number of nitrogens with one attached hydrogen (secondary N) is 1. The summed E-state index contributed by atoms with van der Waals surface area (Å²) in [5.74, 6) is 1.46. The average molecular weight is 366 g/mol. The first-order valence-corrected chi connectivity index (χ1v) is 9.34. The third-order valence-electron chi connectivity index (χ3n) is 4.73.